The molecule has 64 valence electrons. The van der Waals surface area contributed by atoms with Crippen molar-refractivity contribution in [2.24, 2.45) is 0 Å². The number of aryl methyl sites for hydroxylation is 1. The van der Waals surface area contributed by atoms with Gasteiger partial charge >= 0.3 is 0 Å². The lowest BCUT2D eigenvalue weighted by Crippen LogP contribution is -2.10. The third kappa shape index (κ3) is 2.05. The number of nitrogens with one attached hydrogen (secondary N) is 1. The van der Waals surface area contributed by atoms with Gasteiger partial charge in [0.2, 0.25) is 6.41 Å². The molecular weight excluding hydrogens is 157 g/mol. The highest BCUT2D eigenvalue weighted by atomic mass is 19.1. The van der Waals surface area contributed by atoms with Gasteiger partial charge in [-0.15, -0.1) is 0 Å². The van der Waals surface area contributed by atoms with Gasteiger partial charge in [-0.25, -0.2) is 4.39 Å². The molecule has 0 bridgehead atoms. The van der Waals surface area contributed by atoms with E-state index in [0.29, 0.717) is 12.0 Å². The molecule has 1 N–H and O–H groups in total. The number of halogens is 1. The monoisotopic (exact) mass is 167 g/mol. The standard InChI is InChI=1S/C9H10FNO/c1-7-2-3-8(5-11-6-12)9(10)4-7/h2-4,6H,5H2,1H3,(H,11,12). The lowest BCUT2D eigenvalue weighted by molar-refractivity contribution is -0.109. The summed E-state index contributed by atoms with van der Waals surface area (Å²) in [6, 6.07) is 4.92. The summed E-state index contributed by atoms with van der Waals surface area (Å²) >= 11 is 0. The highest BCUT2D eigenvalue weighted by Gasteiger charge is 1.99. The van der Waals surface area contributed by atoms with Crippen molar-refractivity contribution in [3.05, 3.63) is 35.1 Å². The van der Waals surface area contributed by atoms with Crippen LogP contribution in [0.5, 0.6) is 0 Å². The molecule has 1 amide bonds. The Morgan fingerprint density at radius 1 is 1.58 bits per heavy atom. The summed E-state index contributed by atoms with van der Waals surface area (Å²) in [5.74, 6) is -0.274. The minimum atomic E-state index is -0.274. The molecule has 0 aliphatic heterocycles. The van der Waals surface area contributed by atoms with Gasteiger partial charge in [-0.1, -0.05) is 12.1 Å². The molecule has 12 heavy (non-hydrogen) atoms. The van der Waals surface area contributed by atoms with Crippen molar-refractivity contribution in [3.8, 4) is 0 Å². The molecule has 0 atom stereocenters. The van der Waals surface area contributed by atoms with Crippen LogP contribution in [0.2, 0.25) is 0 Å². The van der Waals surface area contributed by atoms with Gasteiger partial charge < -0.3 is 5.32 Å². The predicted molar refractivity (Wildman–Crippen MR) is 44.0 cm³/mol. The van der Waals surface area contributed by atoms with Gasteiger partial charge in [0.05, 0.1) is 0 Å². The number of rotatable bonds is 3. The Hall–Kier alpha value is -1.38. The summed E-state index contributed by atoms with van der Waals surface area (Å²) in [4.78, 5) is 9.92. The van der Waals surface area contributed by atoms with E-state index in [0.717, 1.165) is 5.56 Å². The molecule has 3 heteroatoms. The second-order valence-corrected chi connectivity index (χ2v) is 2.59. The van der Waals surface area contributed by atoms with Crippen LogP contribution in [0.1, 0.15) is 11.1 Å². The quantitative estimate of drug-likeness (QED) is 0.677. The Kier molecular flexibility index (Phi) is 2.80. The second kappa shape index (κ2) is 3.85. The van der Waals surface area contributed by atoms with Crippen LogP contribution in [0, 0.1) is 12.7 Å². The highest BCUT2D eigenvalue weighted by Crippen LogP contribution is 2.08. The molecular formula is C9H10FNO. The van der Waals surface area contributed by atoms with Gasteiger partial charge in [-0.3, -0.25) is 4.79 Å². The molecule has 0 saturated heterocycles. The van der Waals surface area contributed by atoms with Gasteiger partial charge in [0.15, 0.2) is 0 Å². The molecule has 1 aromatic carbocycles. The molecule has 2 nitrogen and oxygen atoms in total. The van der Waals surface area contributed by atoms with Crippen molar-refractivity contribution in [1.29, 1.82) is 0 Å². The van der Waals surface area contributed by atoms with E-state index in [-0.39, 0.29) is 12.4 Å². The van der Waals surface area contributed by atoms with Crippen molar-refractivity contribution in [3.63, 3.8) is 0 Å². The SMILES string of the molecule is Cc1ccc(CNC=O)c(F)c1. The third-order valence-corrected chi connectivity index (χ3v) is 1.58. The number of benzene rings is 1. The lowest BCUT2D eigenvalue weighted by atomic mass is 10.1. The minimum absolute atomic E-state index is 0.246. The molecule has 0 spiro atoms. The number of carbonyl (C=O) groups is 1. The molecule has 0 unspecified atom stereocenters. The molecule has 0 aliphatic carbocycles. The maximum Gasteiger partial charge on any atom is 0.207 e. The molecule has 0 fully saturated rings. The largest absolute Gasteiger partial charge is 0.354 e. The summed E-state index contributed by atoms with van der Waals surface area (Å²) in [5, 5.41) is 2.40. The van der Waals surface area contributed by atoms with Gasteiger partial charge in [0, 0.05) is 12.1 Å². The maximum absolute atomic E-state index is 13.0. The van der Waals surface area contributed by atoms with E-state index < -0.39 is 0 Å². The molecule has 0 radical (unpaired) electrons. The Morgan fingerprint density at radius 2 is 2.33 bits per heavy atom. The van der Waals surface area contributed by atoms with Crippen LogP contribution in [0.15, 0.2) is 18.2 Å². The first-order chi connectivity index (χ1) is 5.74. The topological polar surface area (TPSA) is 29.1 Å². The highest BCUT2D eigenvalue weighted by molar-refractivity contribution is 5.46. The Labute approximate surface area is 70.4 Å². The fourth-order valence-electron chi connectivity index (χ4n) is 0.947. The minimum Gasteiger partial charge on any atom is -0.354 e. The van der Waals surface area contributed by atoms with Crippen LogP contribution in [0.25, 0.3) is 0 Å². The maximum atomic E-state index is 13.0. The van der Waals surface area contributed by atoms with Crippen molar-refractivity contribution < 1.29 is 9.18 Å². The van der Waals surface area contributed by atoms with E-state index >= 15 is 0 Å². The number of amides is 1. The lowest BCUT2D eigenvalue weighted by Gasteiger charge is -2.02. The van der Waals surface area contributed by atoms with E-state index in [1.165, 1.54) is 6.07 Å². The first kappa shape index (κ1) is 8.71. The van der Waals surface area contributed by atoms with E-state index in [1.807, 2.05) is 13.0 Å². The zero-order valence-electron chi connectivity index (χ0n) is 6.80. The van der Waals surface area contributed by atoms with E-state index in [4.69, 9.17) is 0 Å². The van der Waals surface area contributed by atoms with Crippen molar-refractivity contribution >= 4 is 6.41 Å². The van der Waals surface area contributed by atoms with Crippen molar-refractivity contribution in [1.82, 2.24) is 5.32 Å². The predicted octanol–water partition coefficient (Wildman–Crippen LogP) is 1.38. The number of hydrogen-bond donors (Lipinski definition) is 1. The van der Waals surface area contributed by atoms with Gasteiger partial charge in [-0.05, 0) is 18.6 Å². The first-order valence-corrected chi connectivity index (χ1v) is 3.66. The zero-order chi connectivity index (χ0) is 8.97. The molecule has 0 aromatic heterocycles. The summed E-state index contributed by atoms with van der Waals surface area (Å²) in [7, 11) is 0. The van der Waals surface area contributed by atoms with Gasteiger partial charge in [0.1, 0.15) is 5.82 Å². The average Bonchev–Trinajstić information content (AvgIpc) is 2.03. The van der Waals surface area contributed by atoms with Crippen LogP contribution in [-0.2, 0) is 11.3 Å². The van der Waals surface area contributed by atoms with Crippen LogP contribution in [-0.4, -0.2) is 6.41 Å². The summed E-state index contributed by atoms with van der Waals surface area (Å²) in [6.45, 7) is 2.07. The summed E-state index contributed by atoms with van der Waals surface area (Å²) < 4.78 is 13.0. The molecule has 0 saturated carbocycles. The Balaban J connectivity index is 2.78. The van der Waals surface area contributed by atoms with E-state index in [1.54, 1.807) is 6.07 Å². The second-order valence-electron chi connectivity index (χ2n) is 2.59. The third-order valence-electron chi connectivity index (χ3n) is 1.58. The van der Waals surface area contributed by atoms with Crippen molar-refractivity contribution in [2.45, 2.75) is 13.5 Å². The zero-order valence-corrected chi connectivity index (χ0v) is 6.80. The van der Waals surface area contributed by atoms with Gasteiger partial charge in [-0.2, -0.15) is 0 Å². The van der Waals surface area contributed by atoms with Crippen LogP contribution < -0.4 is 5.32 Å². The van der Waals surface area contributed by atoms with E-state index in [2.05, 4.69) is 5.32 Å². The van der Waals surface area contributed by atoms with Crippen LogP contribution >= 0.6 is 0 Å². The summed E-state index contributed by atoms with van der Waals surface area (Å²) in [6.07, 6.45) is 0.555. The molecule has 1 aromatic rings. The fourth-order valence-corrected chi connectivity index (χ4v) is 0.947. The summed E-state index contributed by atoms with van der Waals surface area (Å²) in [5.41, 5.74) is 1.38. The smallest absolute Gasteiger partial charge is 0.207 e. The normalized spacial score (nSPS) is 9.50. The van der Waals surface area contributed by atoms with E-state index in [9.17, 15) is 9.18 Å². The van der Waals surface area contributed by atoms with Crippen LogP contribution in [0.4, 0.5) is 4.39 Å². The average molecular weight is 167 g/mol. The Morgan fingerprint density at radius 3 is 2.92 bits per heavy atom. The first-order valence-electron chi connectivity index (χ1n) is 3.66. The van der Waals surface area contributed by atoms with Crippen molar-refractivity contribution in [2.75, 3.05) is 0 Å². The van der Waals surface area contributed by atoms with Crippen LogP contribution in [0.3, 0.4) is 0 Å². The number of hydrogen-bond acceptors (Lipinski definition) is 1. The molecule has 1 rings (SSSR count). The molecule has 0 aliphatic rings. The number of carbonyl (C=O) groups excluding carboxylic acids is 1. The Bertz CT molecular complexity index is 286. The molecule has 0 heterocycles. The fraction of sp³-hybridized carbons (Fsp3) is 0.222. The van der Waals surface area contributed by atoms with Gasteiger partial charge in [0.25, 0.3) is 0 Å².